The van der Waals surface area contributed by atoms with Crippen molar-refractivity contribution in [2.75, 3.05) is 19.8 Å². The van der Waals surface area contributed by atoms with Gasteiger partial charge in [-0.05, 0) is 26.7 Å². The van der Waals surface area contributed by atoms with Crippen molar-refractivity contribution in [3.63, 3.8) is 0 Å². The topological polar surface area (TPSA) is 83.5 Å². The number of aliphatic hydroxyl groups is 1. The van der Waals surface area contributed by atoms with Crippen molar-refractivity contribution in [1.29, 1.82) is 0 Å². The molecule has 0 aromatic rings. The van der Waals surface area contributed by atoms with Crippen LogP contribution in [0.2, 0.25) is 0 Å². The van der Waals surface area contributed by atoms with Crippen LogP contribution in [0, 0.1) is 0 Å². The molecule has 124 valence electrons. The Morgan fingerprint density at radius 1 is 1.24 bits per heavy atom. The number of rotatable bonds is 7. The van der Waals surface area contributed by atoms with Crippen LogP contribution < -0.4 is 0 Å². The molecular weight excluding hydrogens is 299 g/mol. The van der Waals surface area contributed by atoms with E-state index in [9.17, 15) is 9.67 Å². The summed E-state index contributed by atoms with van der Waals surface area (Å²) in [5.74, 6) is -0.617. The van der Waals surface area contributed by atoms with Gasteiger partial charge in [-0.2, -0.15) is 0 Å². The maximum Gasteiger partial charge on any atom is 0.477 e. The minimum absolute atomic E-state index is 0.163. The lowest BCUT2D eigenvalue weighted by molar-refractivity contribution is -0.213. The molecule has 0 aromatic carbocycles. The first-order valence-corrected chi connectivity index (χ1v) is 9.06. The molecule has 7 nitrogen and oxygen atoms in total. The Hall–Kier alpha value is -0.0100. The third-order valence-corrected chi connectivity index (χ3v) is 5.24. The van der Waals surface area contributed by atoms with Crippen molar-refractivity contribution in [2.45, 2.75) is 64.1 Å². The molecule has 2 rings (SSSR count). The molecule has 1 saturated heterocycles. The van der Waals surface area contributed by atoms with E-state index < -0.39 is 26.0 Å². The molecule has 1 aliphatic heterocycles. The lowest BCUT2D eigenvalue weighted by Crippen LogP contribution is -2.36. The van der Waals surface area contributed by atoms with Gasteiger partial charge in [-0.15, -0.1) is 0 Å². The fourth-order valence-electron chi connectivity index (χ4n) is 2.69. The highest BCUT2D eigenvalue weighted by Gasteiger charge is 2.46. The number of phosphoric acid groups is 1. The zero-order chi connectivity index (χ0) is 15.3. The predicted octanol–water partition coefficient (Wildman–Crippen LogP) is 2.58. The molecule has 1 heterocycles. The molecule has 21 heavy (non-hydrogen) atoms. The Bertz CT molecular complexity index is 360. The number of hydrogen-bond acceptors (Lipinski definition) is 7. The number of ether oxygens (including phenoxy) is 2. The molecule has 2 atom stereocenters. The van der Waals surface area contributed by atoms with Gasteiger partial charge >= 0.3 is 7.82 Å². The summed E-state index contributed by atoms with van der Waals surface area (Å²) in [6, 6.07) is 0. The molecule has 0 amide bonds. The Labute approximate surface area is 125 Å². The van der Waals surface area contributed by atoms with Gasteiger partial charge in [-0.25, -0.2) is 4.57 Å². The minimum atomic E-state index is -3.77. The normalized spacial score (nSPS) is 27.1. The first-order chi connectivity index (χ1) is 10.0. The van der Waals surface area contributed by atoms with Crippen LogP contribution in [0.25, 0.3) is 0 Å². The van der Waals surface area contributed by atoms with Crippen molar-refractivity contribution < 1.29 is 32.7 Å². The number of phosphoric ester groups is 1. The fraction of sp³-hybridized carbons (Fsp3) is 1.00. The van der Waals surface area contributed by atoms with Crippen molar-refractivity contribution >= 4 is 7.82 Å². The summed E-state index contributed by atoms with van der Waals surface area (Å²) < 4.78 is 38.8. The van der Waals surface area contributed by atoms with Gasteiger partial charge in [-0.3, -0.25) is 13.6 Å². The fourth-order valence-corrected chi connectivity index (χ4v) is 3.91. The highest BCUT2D eigenvalue weighted by Crippen LogP contribution is 2.51. The standard InChI is InChI=1S/C13H25O7P/c1-3-17-21(15,18-4-2)20-12(14)11-10-16-13(19-11)8-6-5-7-9-13/h11-12,14H,3-10H2,1-2H3/t11-,12+/m1/s1. The zero-order valence-electron chi connectivity index (χ0n) is 12.7. The zero-order valence-corrected chi connectivity index (χ0v) is 13.5. The third kappa shape index (κ3) is 4.48. The van der Waals surface area contributed by atoms with Crippen molar-refractivity contribution in [2.24, 2.45) is 0 Å². The summed E-state index contributed by atoms with van der Waals surface area (Å²) in [6.07, 6.45) is 2.78. The molecule has 2 fully saturated rings. The summed E-state index contributed by atoms with van der Waals surface area (Å²) in [6.45, 7) is 3.88. The minimum Gasteiger partial charge on any atom is -0.365 e. The van der Waals surface area contributed by atoms with Crippen molar-refractivity contribution in [3.8, 4) is 0 Å². The van der Waals surface area contributed by atoms with Crippen LogP contribution in [0.4, 0.5) is 0 Å². The van der Waals surface area contributed by atoms with Crippen LogP contribution in [-0.4, -0.2) is 43.1 Å². The maximum atomic E-state index is 12.2. The van der Waals surface area contributed by atoms with Gasteiger partial charge in [-0.1, -0.05) is 6.42 Å². The first-order valence-electron chi connectivity index (χ1n) is 7.60. The van der Waals surface area contributed by atoms with E-state index in [4.69, 9.17) is 23.0 Å². The summed E-state index contributed by atoms with van der Waals surface area (Å²) in [7, 11) is -3.77. The molecule has 1 N–H and O–H groups in total. The van der Waals surface area contributed by atoms with E-state index in [1.54, 1.807) is 13.8 Å². The van der Waals surface area contributed by atoms with Crippen LogP contribution in [0.15, 0.2) is 0 Å². The average Bonchev–Trinajstić information content (AvgIpc) is 2.84. The maximum absolute atomic E-state index is 12.2. The van der Waals surface area contributed by atoms with Gasteiger partial charge in [0.2, 0.25) is 0 Å². The quantitative estimate of drug-likeness (QED) is 0.569. The van der Waals surface area contributed by atoms with Crippen LogP contribution in [0.5, 0.6) is 0 Å². The second kappa shape index (κ2) is 7.51. The molecule has 1 saturated carbocycles. The molecule has 8 heteroatoms. The smallest absolute Gasteiger partial charge is 0.365 e. The van der Waals surface area contributed by atoms with Gasteiger partial charge in [0.15, 0.2) is 12.1 Å². The van der Waals surface area contributed by atoms with Gasteiger partial charge in [0.1, 0.15) is 6.10 Å². The lowest BCUT2D eigenvalue weighted by Gasteiger charge is -2.32. The second-order valence-electron chi connectivity index (χ2n) is 5.22. The van der Waals surface area contributed by atoms with Crippen molar-refractivity contribution in [1.82, 2.24) is 0 Å². The monoisotopic (exact) mass is 324 g/mol. The van der Waals surface area contributed by atoms with Gasteiger partial charge in [0.05, 0.1) is 19.8 Å². The van der Waals surface area contributed by atoms with E-state index in [2.05, 4.69) is 0 Å². The molecule has 0 aromatic heterocycles. The lowest BCUT2D eigenvalue weighted by atomic mass is 9.94. The Morgan fingerprint density at radius 3 is 2.43 bits per heavy atom. The first kappa shape index (κ1) is 17.3. The van der Waals surface area contributed by atoms with E-state index in [1.807, 2.05) is 0 Å². The second-order valence-corrected chi connectivity index (χ2v) is 6.84. The van der Waals surface area contributed by atoms with Crippen LogP contribution in [-0.2, 0) is 27.6 Å². The van der Waals surface area contributed by atoms with Gasteiger partial charge in [0, 0.05) is 12.8 Å². The Balaban J connectivity index is 1.91. The molecule has 1 aliphatic carbocycles. The van der Waals surface area contributed by atoms with Crippen molar-refractivity contribution in [3.05, 3.63) is 0 Å². The summed E-state index contributed by atoms with van der Waals surface area (Å²) >= 11 is 0. The Morgan fingerprint density at radius 2 is 1.86 bits per heavy atom. The molecule has 2 aliphatic rings. The molecule has 0 bridgehead atoms. The summed E-state index contributed by atoms with van der Waals surface area (Å²) in [5, 5.41) is 10.1. The molecule has 0 unspecified atom stereocenters. The number of aliphatic hydroxyl groups excluding tert-OH is 1. The van der Waals surface area contributed by atoms with E-state index in [-0.39, 0.29) is 19.8 Å². The van der Waals surface area contributed by atoms with Crippen LogP contribution >= 0.6 is 7.82 Å². The van der Waals surface area contributed by atoms with Crippen LogP contribution in [0.3, 0.4) is 0 Å². The highest BCUT2D eigenvalue weighted by molar-refractivity contribution is 7.48. The van der Waals surface area contributed by atoms with E-state index in [1.165, 1.54) is 6.42 Å². The highest BCUT2D eigenvalue weighted by atomic mass is 31.2. The Kier molecular flexibility index (Phi) is 6.20. The largest absolute Gasteiger partial charge is 0.477 e. The van der Waals surface area contributed by atoms with Gasteiger partial charge in [0.25, 0.3) is 0 Å². The molecular formula is C13H25O7P. The predicted molar refractivity (Wildman–Crippen MR) is 74.6 cm³/mol. The SMILES string of the molecule is CCOP(=O)(OCC)O[C@H](O)[C@H]1COC2(CCCCC2)O1. The number of hydrogen-bond donors (Lipinski definition) is 1. The van der Waals surface area contributed by atoms with E-state index in [0.29, 0.717) is 0 Å². The third-order valence-electron chi connectivity index (χ3n) is 3.62. The van der Waals surface area contributed by atoms with Gasteiger partial charge < -0.3 is 14.6 Å². The summed E-state index contributed by atoms with van der Waals surface area (Å²) in [5.41, 5.74) is 0. The molecule has 0 radical (unpaired) electrons. The van der Waals surface area contributed by atoms with E-state index in [0.717, 1.165) is 25.7 Å². The molecule has 1 spiro atoms. The summed E-state index contributed by atoms with van der Waals surface area (Å²) in [4.78, 5) is 0. The van der Waals surface area contributed by atoms with Crippen LogP contribution in [0.1, 0.15) is 46.0 Å². The average molecular weight is 324 g/mol. The van der Waals surface area contributed by atoms with E-state index >= 15 is 0 Å².